The van der Waals surface area contributed by atoms with Gasteiger partial charge in [-0.15, -0.1) is 0 Å². The molecular weight excluding hydrogens is 232 g/mol. The number of fused-ring (bicyclic) bond motifs is 1. The molecule has 1 unspecified atom stereocenters. The number of benzene rings is 2. The van der Waals surface area contributed by atoms with Gasteiger partial charge in [-0.25, -0.2) is 0 Å². The average molecular weight is 248 g/mol. The van der Waals surface area contributed by atoms with E-state index in [0.29, 0.717) is 0 Å². The van der Waals surface area contributed by atoms with Gasteiger partial charge in [0.1, 0.15) is 0 Å². The molecule has 1 heterocycles. The van der Waals surface area contributed by atoms with E-state index >= 15 is 0 Å². The standard InChI is InChI=1S/C17H16N2/c1-12-4-2-5-14(10-12)17(18)15-8-7-13-6-3-9-19-16(13)11-15/h2-11,17H,18H2,1H3. The molecule has 0 aliphatic heterocycles. The van der Waals surface area contributed by atoms with Crippen molar-refractivity contribution < 1.29 is 0 Å². The summed E-state index contributed by atoms with van der Waals surface area (Å²) in [5.41, 5.74) is 10.8. The minimum atomic E-state index is -0.105. The number of hydrogen-bond acceptors (Lipinski definition) is 2. The van der Waals surface area contributed by atoms with Crippen molar-refractivity contribution in [1.29, 1.82) is 0 Å². The van der Waals surface area contributed by atoms with E-state index in [2.05, 4.69) is 54.4 Å². The Hall–Kier alpha value is -2.19. The summed E-state index contributed by atoms with van der Waals surface area (Å²) in [7, 11) is 0. The van der Waals surface area contributed by atoms with Crippen molar-refractivity contribution in [1.82, 2.24) is 4.98 Å². The van der Waals surface area contributed by atoms with Crippen molar-refractivity contribution in [2.24, 2.45) is 5.73 Å². The predicted octanol–water partition coefficient (Wildman–Crippen LogP) is 3.59. The molecule has 19 heavy (non-hydrogen) atoms. The van der Waals surface area contributed by atoms with Gasteiger partial charge in [-0.05, 0) is 30.2 Å². The van der Waals surface area contributed by atoms with E-state index in [0.717, 1.165) is 22.0 Å². The van der Waals surface area contributed by atoms with Crippen LogP contribution in [0.4, 0.5) is 0 Å². The average Bonchev–Trinajstić information content (AvgIpc) is 2.46. The van der Waals surface area contributed by atoms with Gasteiger partial charge in [0.25, 0.3) is 0 Å². The zero-order valence-electron chi connectivity index (χ0n) is 10.9. The van der Waals surface area contributed by atoms with E-state index in [1.807, 2.05) is 18.3 Å². The summed E-state index contributed by atoms with van der Waals surface area (Å²) >= 11 is 0. The fourth-order valence-electron chi connectivity index (χ4n) is 2.33. The molecule has 0 fully saturated rings. The van der Waals surface area contributed by atoms with Crippen molar-refractivity contribution in [3.05, 3.63) is 77.5 Å². The minimum absolute atomic E-state index is 0.105. The van der Waals surface area contributed by atoms with Crippen LogP contribution in [-0.4, -0.2) is 4.98 Å². The SMILES string of the molecule is Cc1cccc(C(N)c2ccc3cccnc3c2)c1. The molecule has 2 aromatic carbocycles. The molecule has 0 aliphatic rings. The lowest BCUT2D eigenvalue weighted by Gasteiger charge is -2.13. The first-order valence-corrected chi connectivity index (χ1v) is 6.41. The van der Waals surface area contributed by atoms with Crippen LogP contribution in [0.2, 0.25) is 0 Å². The van der Waals surface area contributed by atoms with Crippen molar-refractivity contribution in [2.45, 2.75) is 13.0 Å². The van der Waals surface area contributed by atoms with Crippen LogP contribution in [0, 0.1) is 6.92 Å². The van der Waals surface area contributed by atoms with Gasteiger partial charge >= 0.3 is 0 Å². The van der Waals surface area contributed by atoms with Gasteiger partial charge in [0, 0.05) is 11.6 Å². The van der Waals surface area contributed by atoms with Crippen LogP contribution in [0.5, 0.6) is 0 Å². The summed E-state index contributed by atoms with van der Waals surface area (Å²) in [4.78, 5) is 4.38. The molecule has 0 spiro atoms. The zero-order chi connectivity index (χ0) is 13.2. The lowest BCUT2D eigenvalue weighted by Crippen LogP contribution is -2.11. The molecule has 94 valence electrons. The van der Waals surface area contributed by atoms with E-state index in [1.54, 1.807) is 0 Å². The Bertz CT molecular complexity index is 719. The topological polar surface area (TPSA) is 38.9 Å². The fourth-order valence-corrected chi connectivity index (χ4v) is 2.33. The van der Waals surface area contributed by atoms with E-state index < -0.39 is 0 Å². The summed E-state index contributed by atoms with van der Waals surface area (Å²) in [5.74, 6) is 0. The van der Waals surface area contributed by atoms with Gasteiger partial charge < -0.3 is 5.73 Å². The van der Waals surface area contributed by atoms with E-state index in [-0.39, 0.29) is 6.04 Å². The molecule has 1 aromatic heterocycles. The van der Waals surface area contributed by atoms with Gasteiger partial charge in [-0.3, -0.25) is 4.98 Å². The highest BCUT2D eigenvalue weighted by Gasteiger charge is 2.09. The number of nitrogens with two attached hydrogens (primary N) is 1. The van der Waals surface area contributed by atoms with Crippen molar-refractivity contribution in [3.63, 3.8) is 0 Å². The fraction of sp³-hybridized carbons (Fsp3) is 0.118. The van der Waals surface area contributed by atoms with Gasteiger partial charge in [0.15, 0.2) is 0 Å². The first kappa shape index (κ1) is 11.9. The number of aryl methyl sites for hydroxylation is 1. The first-order chi connectivity index (χ1) is 9.24. The lowest BCUT2D eigenvalue weighted by atomic mass is 9.97. The highest BCUT2D eigenvalue weighted by atomic mass is 14.7. The Kier molecular flexibility index (Phi) is 3.02. The van der Waals surface area contributed by atoms with Crippen LogP contribution >= 0.6 is 0 Å². The highest BCUT2D eigenvalue weighted by Crippen LogP contribution is 2.23. The molecule has 0 aliphatic carbocycles. The Morgan fingerprint density at radius 1 is 0.947 bits per heavy atom. The number of aromatic nitrogens is 1. The molecule has 0 amide bonds. The quantitative estimate of drug-likeness (QED) is 0.752. The molecule has 3 rings (SSSR count). The Morgan fingerprint density at radius 3 is 2.63 bits per heavy atom. The smallest absolute Gasteiger partial charge is 0.0705 e. The van der Waals surface area contributed by atoms with Crippen molar-refractivity contribution in [2.75, 3.05) is 0 Å². The molecule has 1 atom stereocenters. The maximum Gasteiger partial charge on any atom is 0.0705 e. The van der Waals surface area contributed by atoms with Gasteiger partial charge in [0.05, 0.1) is 11.6 Å². The second-order valence-corrected chi connectivity index (χ2v) is 4.85. The molecule has 3 aromatic rings. The molecule has 2 nitrogen and oxygen atoms in total. The highest BCUT2D eigenvalue weighted by molar-refractivity contribution is 5.79. The maximum absolute atomic E-state index is 6.35. The third-order valence-corrected chi connectivity index (χ3v) is 3.39. The van der Waals surface area contributed by atoms with Crippen molar-refractivity contribution in [3.8, 4) is 0 Å². The largest absolute Gasteiger partial charge is 0.320 e. The van der Waals surface area contributed by atoms with Crippen molar-refractivity contribution >= 4 is 10.9 Å². The summed E-state index contributed by atoms with van der Waals surface area (Å²) in [6.07, 6.45) is 1.81. The molecule has 0 bridgehead atoms. The minimum Gasteiger partial charge on any atom is -0.320 e. The molecule has 2 N–H and O–H groups in total. The maximum atomic E-state index is 6.35. The summed E-state index contributed by atoms with van der Waals surface area (Å²) in [6, 6.07) is 18.5. The molecule has 2 heteroatoms. The number of nitrogens with zero attached hydrogens (tertiary/aromatic N) is 1. The summed E-state index contributed by atoms with van der Waals surface area (Å²) < 4.78 is 0. The van der Waals surface area contributed by atoms with Crippen LogP contribution in [0.3, 0.4) is 0 Å². The van der Waals surface area contributed by atoms with Crippen LogP contribution in [0.1, 0.15) is 22.7 Å². The number of rotatable bonds is 2. The van der Waals surface area contributed by atoms with Gasteiger partial charge in [0.2, 0.25) is 0 Å². The van der Waals surface area contributed by atoms with Gasteiger partial charge in [-0.2, -0.15) is 0 Å². The Morgan fingerprint density at radius 2 is 1.79 bits per heavy atom. The summed E-state index contributed by atoms with van der Waals surface area (Å²) in [6.45, 7) is 2.08. The predicted molar refractivity (Wildman–Crippen MR) is 79.0 cm³/mol. The van der Waals surface area contributed by atoms with Crippen LogP contribution in [0.15, 0.2) is 60.8 Å². The zero-order valence-corrected chi connectivity index (χ0v) is 10.9. The van der Waals surface area contributed by atoms with Crippen LogP contribution in [-0.2, 0) is 0 Å². The second-order valence-electron chi connectivity index (χ2n) is 4.85. The first-order valence-electron chi connectivity index (χ1n) is 6.41. The third kappa shape index (κ3) is 2.35. The van der Waals surface area contributed by atoms with E-state index in [4.69, 9.17) is 5.73 Å². The third-order valence-electron chi connectivity index (χ3n) is 3.39. The van der Waals surface area contributed by atoms with E-state index in [1.165, 1.54) is 5.56 Å². The monoisotopic (exact) mass is 248 g/mol. The Labute approximate surface area is 112 Å². The normalized spacial score (nSPS) is 12.5. The Balaban J connectivity index is 2.04. The molecule has 0 radical (unpaired) electrons. The van der Waals surface area contributed by atoms with E-state index in [9.17, 15) is 0 Å². The number of hydrogen-bond donors (Lipinski definition) is 1. The van der Waals surface area contributed by atoms with Crippen LogP contribution < -0.4 is 5.73 Å². The molecule has 0 saturated carbocycles. The molecular formula is C17H16N2. The molecule has 0 saturated heterocycles. The second kappa shape index (κ2) is 4.82. The number of pyridine rings is 1. The van der Waals surface area contributed by atoms with Crippen LogP contribution in [0.25, 0.3) is 10.9 Å². The van der Waals surface area contributed by atoms with Gasteiger partial charge in [-0.1, -0.05) is 48.0 Å². The lowest BCUT2D eigenvalue weighted by molar-refractivity contribution is 0.871. The summed E-state index contributed by atoms with van der Waals surface area (Å²) in [5, 5.41) is 1.14.